The van der Waals surface area contributed by atoms with Gasteiger partial charge in [-0.15, -0.1) is 0 Å². The van der Waals surface area contributed by atoms with E-state index in [-0.39, 0.29) is 72.4 Å². The van der Waals surface area contributed by atoms with Crippen LogP contribution in [0, 0.1) is 6.33 Å². The SMILES string of the molecule is [2H]c1c([2H])c([2H])c(-c2cccc3c2-c2cccc(-c4c([2H])c([2H])c([2H])c([2H])c4[2H])c2-[n+]2[c-]n(-c4cccc(Oc5ccc6c7ccccc7n(-c7cc(C(C)(C)C)ccn7)c6c5)c4)c4cc(-c5c([2H])c(-c6c([2H])c([2H])c([2H])c([2H])c6[2H])c([2H])c(-c6c([2H])c([2H])c([2H])c([2H])c6[2H])c5[2H])cc(c42)-c2ccccc2-3)c([2H])c1[2H]. The van der Waals surface area contributed by atoms with E-state index in [0.717, 1.165) is 27.4 Å². The van der Waals surface area contributed by atoms with Gasteiger partial charge in [-0.1, -0.05) is 233 Å². The molecule has 3 aromatic heterocycles. The van der Waals surface area contributed by atoms with E-state index in [1.54, 1.807) is 112 Å². The zero-order chi connectivity index (χ0) is 78.2. The molecule has 0 saturated heterocycles. The Labute approximate surface area is 538 Å². The maximum Gasteiger partial charge on any atom is 0.269 e. The Morgan fingerprint density at radius 1 is 0.425 bits per heavy atom. The van der Waals surface area contributed by atoms with E-state index < -0.39 is 167 Å². The van der Waals surface area contributed by atoms with Crippen LogP contribution in [0.3, 0.4) is 0 Å². The molecule has 5 nitrogen and oxygen atoms in total. The maximum absolute atomic E-state index is 10.4. The third-order valence-electron chi connectivity index (χ3n) is 15.7. The topological polar surface area (TPSA) is 35.9 Å². The molecule has 1 aliphatic rings. The number of aromatic nitrogens is 4. The van der Waals surface area contributed by atoms with Crippen LogP contribution in [0.2, 0.25) is 0 Å². The fraction of sp³-hybridized carbons (Fsp3) is 0.0488. The number of nitrogens with zero attached hydrogens (tertiary/aromatic N) is 4. The molecule has 16 rings (SSSR count). The molecule has 0 unspecified atom stereocenters. The van der Waals surface area contributed by atoms with Crippen LogP contribution in [-0.4, -0.2) is 14.1 Å². The molecular formula is C82H58N4O. The summed E-state index contributed by atoms with van der Waals surface area (Å²) in [6.07, 6.45) is 5.39. The van der Waals surface area contributed by atoms with Gasteiger partial charge in [-0.05, 0) is 173 Å². The summed E-state index contributed by atoms with van der Waals surface area (Å²) in [6, 6.07) is 27.5. The second kappa shape index (κ2) is 20.9. The number of imidazole rings is 1. The third-order valence-corrected chi connectivity index (χ3v) is 15.7. The molecule has 0 atom stereocenters. The first-order valence-electron chi connectivity index (χ1n) is 39.5. The molecule has 0 spiro atoms. The maximum atomic E-state index is 10.4. The molecule has 87 heavy (non-hydrogen) atoms. The lowest BCUT2D eigenvalue weighted by atomic mass is 9.84. The van der Waals surface area contributed by atoms with Gasteiger partial charge in [-0.2, -0.15) is 0 Å². The lowest BCUT2D eigenvalue weighted by Crippen LogP contribution is -2.32. The summed E-state index contributed by atoms with van der Waals surface area (Å²) in [5, 5.41) is 1.88. The van der Waals surface area contributed by atoms with E-state index in [9.17, 15) is 15.1 Å². The van der Waals surface area contributed by atoms with Gasteiger partial charge < -0.3 is 4.74 Å². The Kier molecular flexibility index (Phi) is 7.87. The van der Waals surface area contributed by atoms with Crippen LogP contribution in [0.25, 0.3) is 139 Å². The van der Waals surface area contributed by atoms with Crippen LogP contribution in [0.15, 0.2) is 297 Å². The van der Waals surface area contributed by atoms with Gasteiger partial charge >= 0.3 is 0 Å². The van der Waals surface area contributed by atoms with E-state index >= 15 is 0 Å². The van der Waals surface area contributed by atoms with Gasteiger partial charge in [-0.3, -0.25) is 13.7 Å². The molecular weight excluding hydrogens is 1060 g/mol. The first kappa shape index (κ1) is 32.8. The zero-order valence-electron chi connectivity index (χ0n) is 69.7. The average molecular weight is 1140 g/mol. The summed E-state index contributed by atoms with van der Waals surface area (Å²) < 4.78 is 225. The second-order valence-electron chi connectivity index (χ2n) is 21.9. The quantitative estimate of drug-likeness (QED) is 0.107. The van der Waals surface area contributed by atoms with Gasteiger partial charge in [0.1, 0.15) is 17.3 Å². The molecule has 0 radical (unpaired) electrons. The van der Waals surface area contributed by atoms with E-state index in [2.05, 4.69) is 37.7 Å². The summed E-state index contributed by atoms with van der Waals surface area (Å²) in [4.78, 5) is 4.87. The van der Waals surface area contributed by atoms with Crippen molar-refractivity contribution in [1.82, 2.24) is 14.1 Å². The normalized spacial score (nSPS) is 15.6. The number of hydrogen-bond acceptors (Lipinski definition) is 2. The highest BCUT2D eigenvalue weighted by molar-refractivity contribution is 6.10. The number of pyridine rings is 1. The van der Waals surface area contributed by atoms with Gasteiger partial charge in [-0.25, -0.2) is 4.98 Å². The van der Waals surface area contributed by atoms with E-state index in [0.29, 0.717) is 33.9 Å². The molecule has 0 amide bonds. The van der Waals surface area contributed by atoms with Crippen molar-refractivity contribution in [3.8, 4) is 118 Å². The van der Waals surface area contributed by atoms with Gasteiger partial charge in [0.05, 0.1) is 65.0 Å². The smallest absolute Gasteiger partial charge is 0.269 e. The lowest BCUT2D eigenvalue weighted by Gasteiger charge is -2.21. The summed E-state index contributed by atoms with van der Waals surface area (Å²) in [6.45, 7) is 6.38. The highest BCUT2D eigenvalue weighted by Gasteiger charge is 2.29. The molecule has 0 saturated carbocycles. The predicted molar refractivity (Wildman–Crippen MR) is 358 cm³/mol. The van der Waals surface area contributed by atoms with Gasteiger partial charge in [0.2, 0.25) is 0 Å². The molecule has 0 N–H and O–H groups in total. The highest BCUT2D eigenvalue weighted by Crippen LogP contribution is 2.50. The van der Waals surface area contributed by atoms with Crippen molar-refractivity contribution in [3.63, 3.8) is 0 Å². The Morgan fingerprint density at radius 3 is 1.67 bits per heavy atom. The van der Waals surface area contributed by atoms with Crippen LogP contribution in [-0.2, 0) is 5.41 Å². The lowest BCUT2D eigenvalue weighted by molar-refractivity contribution is -0.570. The second-order valence-corrected chi connectivity index (χ2v) is 21.9. The average Bonchev–Trinajstić information content (AvgIpc) is 1.36. The van der Waals surface area contributed by atoms with Crippen molar-refractivity contribution in [2.24, 2.45) is 0 Å². The highest BCUT2D eigenvalue weighted by atomic mass is 16.5. The van der Waals surface area contributed by atoms with Crippen LogP contribution < -0.4 is 9.30 Å². The molecule has 0 fully saturated rings. The number of rotatable bonds is 9. The Bertz CT molecular complexity index is 6400. The number of benzene rings is 12. The Balaban J connectivity index is 1.06. The molecule has 412 valence electrons. The first-order chi connectivity index (χ1) is 52.3. The fourth-order valence-corrected chi connectivity index (χ4v) is 11.8. The molecule has 12 aromatic carbocycles. The van der Waals surface area contributed by atoms with Crippen molar-refractivity contribution >= 4 is 32.8 Å². The first-order valence-corrected chi connectivity index (χ1v) is 28.0. The van der Waals surface area contributed by atoms with Gasteiger partial charge in [0.15, 0.2) is 0 Å². The van der Waals surface area contributed by atoms with Crippen molar-refractivity contribution in [3.05, 3.63) is 309 Å². The predicted octanol–water partition coefficient (Wildman–Crippen LogP) is 20.9. The van der Waals surface area contributed by atoms with E-state index in [1.165, 1.54) is 0 Å². The van der Waals surface area contributed by atoms with Crippen LogP contribution in [0.4, 0.5) is 0 Å². The van der Waals surface area contributed by atoms with Crippen molar-refractivity contribution < 1.29 is 40.8 Å². The third kappa shape index (κ3) is 9.02. The molecule has 0 aliphatic carbocycles. The van der Waals surface area contributed by atoms with Crippen LogP contribution in [0.5, 0.6) is 11.5 Å². The minimum absolute atomic E-state index is 0.0206. The monoisotopic (exact) mass is 1140 g/mol. The summed E-state index contributed by atoms with van der Waals surface area (Å²) >= 11 is 0. The van der Waals surface area contributed by atoms with E-state index in [1.807, 2.05) is 48.5 Å². The van der Waals surface area contributed by atoms with Crippen molar-refractivity contribution in [1.29, 1.82) is 0 Å². The Hall–Kier alpha value is -11.1. The number of para-hydroxylation sites is 2. The minimum atomic E-state index is -0.875. The molecule has 5 heteroatoms. The van der Waals surface area contributed by atoms with Crippen molar-refractivity contribution in [2.75, 3.05) is 0 Å². The fourth-order valence-electron chi connectivity index (χ4n) is 11.8. The number of ether oxygens (including phenoxy) is 1. The summed E-state index contributed by atoms with van der Waals surface area (Å²) in [7, 11) is 0. The van der Waals surface area contributed by atoms with Crippen molar-refractivity contribution in [2.45, 2.75) is 26.2 Å². The number of fused-ring (bicyclic) bond motifs is 10. The molecule has 15 aromatic rings. The van der Waals surface area contributed by atoms with E-state index in [4.69, 9.17) is 26.2 Å². The minimum Gasteiger partial charge on any atom is -0.458 e. The van der Waals surface area contributed by atoms with Gasteiger partial charge in [0.25, 0.3) is 6.33 Å². The molecule has 0 bridgehead atoms. The Morgan fingerprint density at radius 2 is 0.977 bits per heavy atom. The largest absolute Gasteiger partial charge is 0.458 e. The number of hydrogen-bond donors (Lipinski definition) is 0. The zero-order valence-corrected chi connectivity index (χ0v) is 46.7. The summed E-state index contributed by atoms with van der Waals surface area (Å²) in [5.41, 5.74) is 1.64. The van der Waals surface area contributed by atoms with Gasteiger partial charge in [0, 0.05) is 23.0 Å². The summed E-state index contributed by atoms with van der Waals surface area (Å²) in [5.74, 6) is 1.36. The molecule has 1 aliphatic heterocycles. The van der Waals surface area contributed by atoms with Crippen LogP contribution in [0.1, 0.15) is 57.9 Å². The standard InChI is InChI=1S/C82H58N4O/c1-82(2,3)62-43-44-83-78(50-62)86-75-40-19-18-35-70(75)71-42-41-65(52-76(71)86)87-64-32-20-31-63(51-64)84-53-85-80-67(57-29-14-7-15-30-57)37-22-39-73(80)79-66(56-27-12-6-13-28-56)36-21-38-72(79)68-33-16-17-34-69(68)74-48-61(49-77(84)81(74)85)60-46-58(54-23-8-4-9-24-54)45-59(47-60)55-25-10-5-11-26-55/h4-52H,1-3H3/i4D,5D,6D,7D,8D,9D,10D,11D,12D,13D,14D,15D,23D,24D,25D,26D,27D,28D,29D,30D,45D,46D,47D. The molecule has 4 heterocycles. The van der Waals surface area contributed by atoms with Crippen LogP contribution >= 0.6 is 0 Å².